The lowest BCUT2D eigenvalue weighted by molar-refractivity contribution is 0.165. The van der Waals surface area contributed by atoms with E-state index in [0.717, 1.165) is 13.1 Å². The minimum Gasteiger partial charge on any atom is -0.314 e. The lowest BCUT2D eigenvalue weighted by Crippen LogP contribution is -2.45. The number of hydrogen-bond donors (Lipinski definition) is 1. The van der Waals surface area contributed by atoms with Gasteiger partial charge in [0, 0.05) is 41.6 Å². The third kappa shape index (κ3) is 3.79. The summed E-state index contributed by atoms with van der Waals surface area (Å²) < 4.78 is 2.41. The van der Waals surface area contributed by atoms with Crippen molar-refractivity contribution in [1.29, 1.82) is 0 Å². The van der Waals surface area contributed by atoms with Gasteiger partial charge in [-0.1, -0.05) is 19.8 Å². The van der Waals surface area contributed by atoms with Gasteiger partial charge in [-0.15, -0.1) is 11.3 Å². The Morgan fingerprint density at radius 3 is 2.67 bits per heavy atom. The number of halogens is 2. The number of hydrogen-bond acceptors (Lipinski definition) is 3. The average Bonchev–Trinajstić information content (AvgIpc) is 2.71. The van der Waals surface area contributed by atoms with Gasteiger partial charge in [0.2, 0.25) is 0 Å². The number of unbranched alkanes of at least 4 members (excludes halogenated alkanes) is 1. The van der Waals surface area contributed by atoms with Crippen molar-refractivity contribution in [2.45, 2.75) is 32.2 Å². The smallest absolute Gasteiger partial charge is 0.0843 e. The average molecular weight is 396 g/mol. The summed E-state index contributed by atoms with van der Waals surface area (Å²) in [6.45, 7) is 6.85. The van der Waals surface area contributed by atoms with E-state index < -0.39 is 0 Å². The van der Waals surface area contributed by atoms with Crippen LogP contribution in [0.5, 0.6) is 0 Å². The molecule has 1 atom stereocenters. The summed E-state index contributed by atoms with van der Waals surface area (Å²) in [5, 5.41) is 3.44. The molecule has 0 aliphatic carbocycles. The number of rotatable bonds is 5. The van der Waals surface area contributed by atoms with E-state index in [-0.39, 0.29) is 0 Å². The fourth-order valence-electron chi connectivity index (χ4n) is 2.42. The zero-order valence-electron chi connectivity index (χ0n) is 10.7. The van der Waals surface area contributed by atoms with Gasteiger partial charge in [-0.25, -0.2) is 0 Å². The fraction of sp³-hybridized carbons (Fsp3) is 0.692. The molecule has 0 radical (unpaired) electrons. The molecule has 1 N–H and O–H groups in total. The predicted molar refractivity (Wildman–Crippen MR) is 86.4 cm³/mol. The molecule has 0 spiro atoms. The molecule has 0 amide bonds. The molecule has 18 heavy (non-hydrogen) atoms. The zero-order valence-corrected chi connectivity index (χ0v) is 14.7. The fourth-order valence-corrected chi connectivity index (χ4v) is 4.68. The molecule has 1 aromatic rings. The molecule has 1 saturated heterocycles. The maximum Gasteiger partial charge on any atom is 0.0843 e. The molecule has 1 fully saturated rings. The van der Waals surface area contributed by atoms with Crippen LogP contribution < -0.4 is 5.32 Å². The van der Waals surface area contributed by atoms with Crippen molar-refractivity contribution >= 4 is 43.2 Å². The van der Waals surface area contributed by atoms with Crippen LogP contribution in [0.3, 0.4) is 0 Å². The van der Waals surface area contributed by atoms with Gasteiger partial charge in [0.05, 0.1) is 3.79 Å². The van der Waals surface area contributed by atoms with Crippen molar-refractivity contribution in [3.05, 3.63) is 19.2 Å². The second kappa shape index (κ2) is 7.39. The first-order valence-electron chi connectivity index (χ1n) is 6.62. The normalized spacial score (nSPS) is 19.1. The highest BCUT2D eigenvalue weighted by molar-refractivity contribution is 9.13. The van der Waals surface area contributed by atoms with Gasteiger partial charge in [0.25, 0.3) is 0 Å². The quantitative estimate of drug-likeness (QED) is 0.794. The van der Waals surface area contributed by atoms with Crippen LogP contribution in [0.25, 0.3) is 0 Å². The first kappa shape index (κ1) is 15.0. The summed E-state index contributed by atoms with van der Waals surface area (Å²) in [7, 11) is 0. The Kier molecular flexibility index (Phi) is 6.15. The summed E-state index contributed by atoms with van der Waals surface area (Å²) in [5.74, 6) is 0. The maximum absolute atomic E-state index is 3.62. The number of nitrogens with zero attached hydrogens (tertiary/aromatic N) is 1. The van der Waals surface area contributed by atoms with Crippen LogP contribution >= 0.6 is 43.2 Å². The summed E-state index contributed by atoms with van der Waals surface area (Å²) in [6.07, 6.45) is 3.86. The monoisotopic (exact) mass is 394 g/mol. The van der Waals surface area contributed by atoms with Gasteiger partial charge in [0.1, 0.15) is 0 Å². The number of nitrogens with one attached hydrogen (secondary N) is 1. The molecule has 0 unspecified atom stereocenters. The molecule has 1 aromatic heterocycles. The summed E-state index contributed by atoms with van der Waals surface area (Å²) >= 11 is 9.10. The van der Waals surface area contributed by atoms with Crippen LogP contribution in [0.1, 0.15) is 37.1 Å². The van der Waals surface area contributed by atoms with Crippen LogP contribution in [-0.2, 0) is 0 Å². The topological polar surface area (TPSA) is 15.3 Å². The second-order valence-corrected chi connectivity index (χ2v) is 7.97. The van der Waals surface area contributed by atoms with Gasteiger partial charge in [-0.2, -0.15) is 0 Å². The van der Waals surface area contributed by atoms with Crippen LogP contribution in [0.4, 0.5) is 0 Å². The zero-order chi connectivity index (χ0) is 13.0. The Morgan fingerprint density at radius 1 is 1.39 bits per heavy atom. The molecule has 2 nitrogen and oxygen atoms in total. The van der Waals surface area contributed by atoms with E-state index >= 15 is 0 Å². The third-order valence-corrected chi connectivity index (χ3v) is 6.77. The van der Waals surface area contributed by atoms with E-state index in [9.17, 15) is 0 Å². The molecule has 2 heterocycles. The summed E-state index contributed by atoms with van der Waals surface area (Å²) in [4.78, 5) is 4.13. The standard InChI is InChI=1S/C13H20Br2N2S/c1-2-3-4-11(17-7-5-16-6-8-17)12-9-10(14)13(15)18-12/h9,11,16H,2-8H2,1H3/t11-/m0/s1. The Morgan fingerprint density at radius 2 is 2.11 bits per heavy atom. The van der Waals surface area contributed by atoms with Gasteiger partial charge in [-0.3, -0.25) is 4.90 Å². The molecule has 0 aromatic carbocycles. The molecule has 0 bridgehead atoms. The van der Waals surface area contributed by atoms with Crippen LogP contribution in [0, 0.1) is 0 Å². The van der Waals surface area contributed by atoms with E-state index in [1.54, 1.807) is 0 Å². The van der Waals surface area contributed by atoms with Crippen molar-refractivity contribution < 1.29 is 0 Å². The minimum absolute atomic E-state index is 0.597. The summed E-state index contributed by atoms with van der Waals surface area (Å²) in [6, 6.07) is 2.89. The lowest BCUT2D eigenvalue weighted by atomic mass is 10.1. The molecule has 5 heteroatoms. The Balaban J connectivity index is 2.12. The first-order chi connectivity index (χ1) is 8.72. The van der Waals surface area contributed by atoms with Crippen molar-refractivity contribution in [2.75, 3.05) is 26.2 Å². The first-order valence-corrected chi connectivity index (χ1v) is 9.02. The number of piperazine rings is 1. The van der Waals surface area contributed by atoms with Crippen LogP contribution in [0.2, 0.25) is 0 Å². The largest absolute Gasteiger partial charge is 0.314 e. The Labute approximate surface area is 130 Å². The molecule has 1 aliphatic heterocycles. The van der Waals surface area contributed by atoms with E-state index in [0.29, 0.717) is 6.04 Å². The SMILES string of the molecule is CCCC[C@@H](c1cc(Br)c(Br)s1)N1CCNCC1. The van der Waals surface area contributed by atoms with Gasteiger partial charge in [-0.05, 0) is 44.3 Å². The van der Waals surface area contributed by atoms with E-state index in [1.807, 2.05) is 11.3 Å². The lowest BCUT2D eigenvalue weighted by Gasteiger charge is -2.34. The molecular weight excluding hydrogens is 376 g/mol. The molecule has 2 rings (SSSR count). The van der Waals surface area contributed by atoms with Crippen molar-refractivity contribution in [2.24, 2.45) is 0 Å². The van der Waals surface area contributed by atoms with Crippen molar-refractivity contribution in [3.8, 4) is 0 Å². The van der Waals surface area contributed by atoms with Gasteiger partial charge in [0.15, 0.2) is 0 Å². The Hall–Kier alpha value is 0.580. The van der Waals surface area contributed by atoms with Gasteiger partial charge >= 0.3 is 0 Å². The maximum atomic E-state index is 3.62. The third-order valence-electron chi connectivity index (χ3n) is 3.42. The van der Waals surface area contributed by atoms with E-state index in [4.69, 9.17) is 0 Å². The molecule has 0 saturated carbocycles. The highest BCUT2D eigenvalue weighted by Gasteiger charge is 2.23. The van der Waals surface area contributed by atoms with Crippen molar-refractivity contribution in [1.82, 2.24) is 10.2 Å². The van der Waals surface area contributed by atoms with E-state index in [2.05, 4.69) is 55.1 Å². The van der Waals surface area contributed by atoms with Gasteiger partial charge < -0.3 is 5.32 Å². The minimum atomic E-state index is 0.597. The molecule has 1 aliphatic rings. The second-order valence-electron chi connectivity index (χ2n) is 4.71. The van der Waals surface area contributed by atoms with Crippen molar-refractivity contribution in [3.63, 3.8) is 0 Å². The highest BCUT2D eigenvalue weighted by Crippen LogP contribution is 2.39. The van der Waals surface area contributed by atoms with E-state index in [1.165, 1.54) is 45.5 Å². The van der Waals surface area contributed by atoms with Crippen LogP contribution in [-0.4, -0.2) is 31.1 Å². The summed E-state index contributed by atoms with van der Waals surface area (Å²) in [5.41, 5.74) is 0. The van der Waals surface area contributed by atoms with Crippen LogP contribution in [0.15, 0.2) is 14.3 Å². The number of thiophene rings is 1. The predicted octanol–water partition coefficient (Wildman–Crippen LogP) is 4.41. The Bertz CT molecular complexity index is 356. The highest BCUT2D eigenvalue weighted by atomic mass is 79.9. The molecular formula is C13H20Br2N2S. The molecule has 102 valence electrons.